The van der Waals surface area contributed by atoms with Crippen molar-refractivity contribution in [1.82, 2.24) is 4.90 Å². The standard InChI is InChI=1S/C25H29F2NO4S/c1-24(2,3)32-23(29)28-15-25(10-11-25)22(33(4,30)31)20(28)13-17-12-18(26)14-19(21(17)27)16-8-6-5-7-9-16/h5-9,12,14,20,22H,10-11,13,15H2,1-4H3/t20-,22+/m0/s1. The second-order valence-corrected chi connectivity index (χ2v) is 12.5. The van der Waals surface area contributed by atoms with Crippen LogP contribution < -0.4 is 0 Å². The van der Waals surface area contributed by atoms with Crippen molar-refractivity contribution in [2.75, 3.05) is 12.8 Å². The summed E-state index contributed by atoms with van der Waals surface area (Å²) in [6, 6.07) is 9.98. The fraction of sp³-hybridized carbons (Fsp3) is 0.480. The van der Waals surface area contributed by atoms with Crippen LogP contribution in [0.2, 0.25) is 0 Å². The normalized spacial score (nSPS) is 21.9. The second-order valence-electron chi connectivity index (χ2n) is 10.3. The molecule has 1 saturated heterocycles. The number of amides is 1. The van der Waals surface area contributed by atoms with Crippen molar-refractivity contribution in [3.8, 4) is 11.1 Å². The highest BCUT2D eigenvalue weighted by atomic mass is 32.2. The highest BCUT2D eigenvalue weighted by Gasteiger charge is 2.64. The van der Waals surface area contributed by atoms with Gasteiger partial charge in [0.05, 0.1) is 11.3 Å². The number of halogens is 2. The minimum atomic E-state index is -3.58. The monoisotopic (exact) mass is 477 g/mol. The lowest BCUT2D eigenvalue weighted by Crippen LogP contribution is -2.46. The van der Waals surface area contributed by atoms with E-state index in [0.717, 1.165) is 18.4 Å². The molecule has 1 aliphatic carbocycles. The van der Waals surface area contributed by atoms with Crippen LogP contribution >= 0.6 is 0 Å². The fourth-order valence-electron chi connectivity index (χ4n) is 5.05. The molecule has 2 aromatic carbocycles. The molecule has 178 valence electrons. The molecular weight excluding hydrogens is 448 g/mol. The number of carbonyl (C=O) groups is 1. The Hall–Kier alpha value is -2.48. The lowest BCUT2D eigenvalue weighted by atomic mass is 9.94. The maximum Gasteiger partial charge on any atom is 0.410 e. The van der Waals surface area contributed by atoms with Gasteiger partial charge in [-0.15, -0.1) is 0 Å². The van der Waals surface area contributed by atoms with Crippen molar-refractivity contribution in [1.29, 1.82) is 0 Å². The molecule has 0 bridgehead atoms. The first-order chi connectivity index (χ1) is 15.3. The van der Waals surface area contributed by atoms with Crippen LogP contribution in [0.4, 0.5) is 13.6 Å². The number of sulfone groups is 1. The molecule has 1 amide bonds. The summed E-state index contributed by atoms with van der Waals surface area (Å²) >= 11 is 0. The van der Waals surface area contributed by atoms with Gasteiger partial charge in [-0.25, -0.2) is 22.0 Å². The molecule has 1 aliphatic heterocycles. The molecule has 5 nitrogen and oxygen atoms in total. The number of rotatable bonds is 4. The summed E-state index contributed by atoms with van der Waals surface area (Å²) in [6.07, 6.45) is 1.73. The molecule has 0 N–H and O–H groups in total. The number of hydrogen-bond donors (Lipinski definition) is 0. The van der Waals surface area contributed by atoms with E-state index in [4.69, 9.17) is 4.74 Å². The van der Waals surface area contributed by atoms with Crippen LogP contribution in [-0.4, -0.2) is 49.1 Å². The van der Waals surface area contributed by atoms with Crippen LogP contribution in [0.5, 0.6) is 0 Å². The average Bonchev–Trinajstić information content (AvgIpc) is 3.37. The molecule has 2 aliphatic rings. The molecule has 8 heteroatoms. The third-order valence-electron chi connectivity index (χ3n) is 6.45. The Morgan fingerprint density at radius 2 is 1.79 bits per heavy atom. The summed E-state index contributed by atoms with van der Waals surface area (Å²) < 4.78 is 61.3. The maximum absolute atomic E-state index is 15.6. The van der Waals surface area contributed by atoms with Gasteiger partial charge in [-0.1, -0.05) is 30.3 Å². The molecule has 0 radical (unpaired) electrons. The molecule has 0 aromatic heterocycles. The Kier molecular flexibility index (Phi) is 5.79. The Balaban J connectivity index is 1.76. The molecule has 1 saturated carbocycles. The van der Waals surface area contributed by atoms with E-state index in [-0.39, 0.29) is 24.1 Å². The van der Waals surface area contributed by atoms with Crippen LogP contribution in [0.3, 0.4) is 0 Å². The highest BCUT2D eigenvalue weighted by Crippen LogP contribution is 2.58. The zero-order valence-corrected chi connectivity index (χ0v) is 20.1. The lowest BCUT2D eigenvalue weighted by Gasteiger charge is -2.30. The zero-order valence-electron chi connectivity index (χ0n) is 19.3. The molecule has 33 heavy (non-hydrogen) atoms. The van der Waals surface area contributed by atoms with Gasteiger partial charge in [0, 0.05) is 23.8 Å². The third-order valence-corrected chi connectivity index (χ3v) is 8.18. The Labute approximate surface area is 193 Å². The summed E-state index contributed by atoms with van der Waals surface area (Å²) in [7, 11) is -3.58. The van der Waals surface area contributed by atoms with E-state index >= 15 is 4.39 Å². The average molecular weight is 478 g/mol. The van der Waals surface area contributed by atoms with Crippen LogP contribution in [0.25, 0.3) is 11.1 Å². The quantitative estimate of drug-likeness (QED) is 0.623. The molecule has 0 unspecified atom stereocenters. The van der Waals surface area contributed by atoms with Gasteiger partial charge in [0.1, 0.15) is 17.2 Å². The van der Waals surface area contributed by atoms with Crippen molar-refractivity contribution in [3.05, 3.63) is 59.7 Å². The molecule has 2 atom stereocenters. The van der Waals surface area contributed by atoms with E-state index in [1.807, 2.05) is 0 Å². The summed E-state index contributed by atoms with van der Waals surface area (Å²) in [5.74, 6) is -1.24. The number of carbonyl (C=O) groups excluding carboxylic acids is 1. The SMILES string of the molecule is CC(C)(C)OC(=O)N1CC2(CC2)[C@H](S(C)(=O)=O)[C@@H]1Cc1cc(F)cc(-c2ccccc2)c1F. The number of likely N-dealkylation sites (tertiary alicyclic amines) is 1. The van der Waals surface area contributed by atoms with Gasteiger partial charge in [0.25, 0.3) is 0 Å². The van der Waals surface area contributed by atoms with E-state index in [0.29, 0.717) is 18.4 Å². The van der Waals surface area contributed by atoms with Crippen LogP contribution in [0.15, 0.2) is 42.5 Å². The van der Waals surface area contributed by atoms with Crippen LogP contribution in [-0.2, 0) is 21.0 Å². The Morgan fingerprint density at radius 1 is 1.15 bits per heavy atom. The van der Waals surface area contributed by atoms with Gasteiger partial charge in [-0.2, -0.15) is 0 Å². The molecule has 4 rings (SSSR count). The molecular formula is C25H29F2NO4S. The van der Waals surface area contributed by atoms with Crippen LogP contribution in [0, 0.1) is 17.0 Å². The molecule has 1 heterocycles. The highest BCUT2D eigenvalue weighted by molar-refractivity contribution is 7.91. The van der Waals surface area contributed by atoms with Crippen molar-refractivity contribution in [2.45, 2.75) is 56.9 Å². The number of ether oxygens (including phenoxy) is 1. The summed E-state index contributed by atoms with van der Waals surface area (Å²) in [4.78, 5) is 14.4. The summed E-state index contributed by atoms with van der Waals surface area (Å²) in [6.45, 7) is 5.42. The van der Waals surface area contributed by atoms with Crippen LogP contribution in [0.1, 0.15) is 39.2 Å². The van der Waals surface area contributed by atoms with Gasteiger partial charge in [-0.05, 0) is 63.3 Å². The van der Waals surface area contributed by atoms with Gasteiger partial charge in [0.2, 0.25) is 0 Å². The van der Waals surface area contributed by atoms with E-state index in [1.54, 1.807) is 51.1 Å². The van der Waals surface area contributed by atoms with Crippen molar-refractivity contribution < 1.29 is 26.7 Å². The largest absolute Gasteiger partial charge is 0.444 e. The topological polar surface area (TPSA) is 63.7 Å². The number of benzene rings is 2. The lowest BCUT2D eigenvalue weighted by molar-refractivity contribution is 0.0220. The molecule has 2 fully saturated rings. The summed E-state index contributed by atoms with van der Waals surface area (Å²) in [5.41, 5.74) is -0.666. The molecule has 1 spiro atoms. The third kappa shape index (κ3) is 4.76. The van der Waals surface area contributed by atoms with Gasteiger partial charge in [-0.3, -0.25) is 0 Å². The van der Waals surface area contributed by atoms with E-state index in [9.17, 15) is 17.6 Å². The second kappa shape index (κ2) is 8.08. The van der Waals surface area contributed by atoms with Crippen molar-refractivity contribution >= 4 is 15.9 Å². The molecule has 2 aromatic rings. The maximum atomic E-state index is 15.6. The minimum absolute atomic E-state index is 0.0405. The van der Waals surface area contributed by atoms with Crippen molar-refractivity contribution in [2.24, 2.45) is 5.41 Å². The van der Waals surface area contributed by atoms with E-state index in [1.165, 1.54) is 4.90 Å². The predicted octanol–water partition coefficient (Wildman–Crippen LogP) is 4.99. The van der Waals surface area contributed by atoms with Gasteiger partial charge >= 0.3 is 6.09 Å². The zero-order chi connectivity index (χ0) is 24.2. The Bertz CT molecular complexity index is 1170. The van der Waals surface area contributed by atoms with Gasteiger partial charge in [0.15, 0.2) is 9.84 Å². The predicted molar refractivity (Wildman–Crippen MR) is 123 cm³/mol. The first kappa shape index (κ1) is 23.7. The van der Waals surface area contributed by atoms with Crippen molar-refractivity contribution in [3.63, 3.8) is 0 Å². The van der Waals surface area contributed by atoms with Gasteiger partial charge < -0.3 is 9.64 Å². The number of nitrogens with zero attached hydrogens (tertiary/aromatic N) is 1. The first-order valence-electron chi connectivity index (χ1n) is 11.0. The first-order valence-corrected chi connectivity index (χ1v) is 13.0. The summed E-state index contributed by atoms with van der Waals surface area (Å²) in [5, 5.41) is -0.861. The Morgan fingerprint density at radius 3 is 2.33 bits per heavy atom. The smallest absolute Gasteiger partial charge is 0.410 e. The fourth-order valence-corrected chi connectivity index (χ4v) is 7.08. The number of hydrogen-bond acceptors (Lipinski definition) is 4. The minimum Gasteiger partial charge on any atom is -0.444 e. The van der Waals surface area contributed by atoms with E-state index in [2.05, 4.69) is 0 Å². The van der Waals surface area contributed by atoms with E-state index < -0.39 is 49.9 Å².